The molecule has 1 atom stereocenters. The summed E-state index contributed by atoms with van der Waals surface area (Å²) in [6, 6.07) is 10.5. The fraction of sp³-hybridized carbons (Fsp3) is 0.188. The lowest BCUT2D eigenvalue weighted by Crippen LogP contribution is -2.30. The minimum Gasteiger partial charge on any atom is -0.481 e. The summed E-state index contributed by atoms with van der Waals surface area (Å²) in [5.41, 5.74) is 1.44. The van der Waals surface area contributed by atoms with Crippen LogP contribution in [-0.2, 0) is 4.79 Å². The number of nitrogens with one attached hydrogen (secondary N) is 1. The number of carbonyl (C=O) groups is 1. The summed E-state index contributed by atoms with van der Waals surface area (Å²) in [4.78, 5) is 12.2. The van der Waals surface area contributed by atoms with Crippen molar-refractivity contribution < 1.29 is 9.53 Å². The van der Waals surface area contributed by atoms with E-state index in [0.29, 0.717) is 26.5 Å². The molecule has 22 heavy (non-hydrogen) atoms. The predicted octanol–water partition coefficient (Wildman–Crippen LogP) is 5.36. The maximum Gasteiger partial charge on any atom is 0.265 e. The van der Waals surface area contributed by atoms with E-state index in [1.807, 2.05) is 25.1 Å². The Balaban J connectivity index is 2.07. The lowest BCUT2D eigenvalue weighted by molar-refractivity contribution is -0.122. The lowest BCUT2D eigenvalue weighted by Gasteiger charge is -2.16. The van der Waals surface area contributed by atoms with Crippen molar-refractivity contribution in [3.05, 3.63) is 57.0 Å². The zero-order valence-electron chi connectivity index (χ0n) is 12.0. The molecular weight excluding hydrogens is 345 g/mol. The number of benzene rings is 2. The molecule has 1 unspecified atom stereocenters. The Labute approximate surface area is 144 Å². The zero-order valence-corrected chi connectivity index (χ0v) is 14.3. The topological polar surface area (TPSA) is 38.3 Å². The van der Waals surface area contributed by atoms with Gasteiger partial charge in [-0.25, -0.2) is 0 Å². The first-order valence-electron chi connectivity index (χ1n) is 6.55. The molecule has 0 aliphatic heterocycles. The van der Waals surface area contributed by atoms with Crippen molar-refractivity contribution in [1.82, 2.24) is 0 Å². The van der Waals surface area contributed by atoms with Gasteiger partial charge < -0.3 is 10.1 Å². The van der Waals surface area contributed by atoms with Gasteiger partial charge in [-0.2, -0.15) is 0 Å². The van der Waals surface area contributed by atoms with Crippen molar-refractivity contribution in [2.24, 2.45) is 0 Å². The molecule has 2 aromatic carbocycles. The fourth-order valence-corrected chi connectivity index (χ4v) is 2.39. The van der Waals surface area contributed by atoms with Crippen LogP contribution in [0.2, 0.25) is 15.1 Å². The van der Waals surface area contributed by atoms with Crippen LogP contribution in [0, 0.1) is 6.92 Å². The van der Waals surface area contributed by atoms with Crippen LogP contribution in [0.3, 0.4) is 0 Å². The first-order chi connectivity index (χ1) is 10.4. The lowest BCUT2D eigenvalue weighted by atomic mass is 10.2. The summed E-state index contributed by atoms with van der Waals surface area (Å²) < 4.78 is 5.61. The first-order valence-corrected chi connectivity index (χ1v) is 7.69. The van der Waals surface area contributed by atoms with Gasteiger partial charge in [-0.05, 0) is 43.7 Å². The molecule has 116 valence electrons. The normalized spacial score (nSPS) is 11.9. The molecule has 6 heteroatoms. The van der Waals surface area contributed by atoms with Gasteiger partial charge in [0.05, 0.1) is 20.8 Å². The van der Waals surface area contributed by atoms with Gasteiger partial charge in [-0.15, -0.1) is 0 Å². The van der Waals surface area contributed by atoms with E-state index in [-0.39, 0.29) is 5.91 Å². The standard InChI is InChI=1S/C16H14Cl3NO2/c1-9-4-3-5-11(6-9)22-10(2)16(21)20-15-8-13(18)12(17)7-14(15)19/h3-8,10H,1-2H3,(H,20,21). The third-order valence-corrected chi connectivity index (χ3v) is 3.97. The molecule has 1 amide bonds. The average Bonchev–Trinajstić information content (AvgIpc) is 2.44. The predicted molar refractivity (Wildman–Crippen MR) is 91.4 cm³/mol. The number of ether oxygens (including phenoxy) is 1. The molecule has 0 heterocycles. The van der Waals surface area contributed by atoms with Crippen LogP contribution in [0.5, 0.6) is 5.75 Å². The maximum absolute atomic E-state index is 12.2. The van der Waals surface area contributed by atoms with Gasteiger partial charge >= 0.3 is 0 Å². The molecule has 0 aliphatic carbocycles. The molecule has 2 aromatic rings. The third kappa shape index (κ3) is 4.29. The number of amides is 1. The number of hydrogen-bond acceptors (Lipinski definition) is 2. The molecule has 3 nitrogen and oxygen atoms in total. The minimum atomic E-state index is -0.688. The Bertz CT molecular complexity index is 704. The molecule has 1 N–H and O–H groups in total. The Kier molecular flexibility index (Phi) is 5.57. The quantitative estimate of drug-likeness (QED) is 0.747. The second-order valence-electron chi connectivity index (χ2n) is 4.81. The Morgan fingerprint density at radius 3 is 2.45 bits per heavy atom. The highest BCUT2D eigenvalue weighted by Gasteiger charge is 2.17. The summed E-state index contributed by atoms with van der Waals surface area (Å²) in [6.07, 6.45) is -0.688. The molecule has 0 saturated heterocycles. The van der Waals surface area contributed by atoms with E-state index in [9.17, 15) is 4.79 Å². The van der Waals surface area contributed by atoms with Crippen LogP contribution in [0.25, 0.3) is 0 Å². The van der Waals surface area contributed by atoms with Gasteiger partial charge in [0.25, 0.3) is 5.91 Å². The van der Waals surface area contributed by atoms with E-state index in [1.54, 1.807) is 13.0 Å². The number of aryl methyl sites for hydroxylation is 1. The summed E-state index contributed by atoms with van der Waals surface area (Å²) in [7, 11) is 0. The van der Waals surface area contributed by atoms with E-state index in [2.05, 4.69) is 5.32 Å². The number of halogens is 3. The van der Waals surface area contributed by atoms with Crippen LogP contribution < -0.4 is 10.1 Å². The van der Waals surface area contributed by atoms with Crippen LogP contribution in [-0.4, -0.2) is 12.0 Å². The second-order valence-corrected chi connectivity index (χ2v) is 6.03. The molecule has 0 fully saturated rings. The summed E-state index contributed by atoms with van der Waals surface area (Å²) >= 11 is 17.8. The van der Waals surface area contributed by atoms with E-state index in [1.165, 1.54) is 12.1 Å². The molecule has 0 saturated carbocycles. The van der Waals surface area contributed by atoms with Crippen molar-refractivity contribution in [1.29, 1.82) is 0 Å². The van der Waals surface area contributed by atoms with Gasteiger partial charge in [0, 0.05) is 0 Å². The van der Waals surface area contributed by atoms with Gasteiger partial charge in [-0.3, -0.25) is 4.79 Å². The average molecular weight is 359 g/mol. The van der Waals surface area contributed by atoms with Crippen LogP contribution in [0.15, 0.2) is 36.4 Å². The highest BCUT2D eigenvalue weighted by Crippen LogP contribution is 2.32. The smallest absolute Gasteiger partial charge is 0.265 e. The molecule has 0 bridgehead atoms. The summed E-state index contributed by atoms with van der Waals surface area (Å²) in [5.74, 6) is 0.296. The SMILES string of the molecule is Cc1cccc(OC(C)C(=O)Nc2cc(Cl)c(Cl)cc2Cl)c1. The molecule has 0 radical (unpaired) electrons. The number of hydrogen-bond donors (Lipinski definition) is 1. The van der Waals surface area contributed by atoms with E-state index < -0.39 is 6.10 Å². The van der Waals surface area contributed by atoms with Gasteiger partial charge in [0.1, 0.15) is 5.75 Å². The van der Waals surface area contributed by atoms with Crippen molar-refractivity contribution in [3.63, 3.8) is 0 Å². The summed E-state index contributed by atoms with van der Waals surface area (Å²) in [5, 5.41) is 3.63. The highest BCUT2D eigenvalue weighted by atomic mass is 35.5. The van der Waals surface area contributed by atoms with Crippen molar-refractivity contribution in [3.8, 4) is 5.75 Å². The van der Waals surface area contributed by atoms with Gasteiger partial charge in [0.15, 0.2) is 6.10 Å². The van der Waals surface area contributed by atoms with Crippen LogP contribution in [0.1, 0.15) is 12.5 Å². The largest absolute Gasteiger partial charge is 0.481 e. The Hall–Kier alpha value is -1.42. The molecular formula is C16H14Cl3NO2. The van der Waals surface area contributed by atoms with Gasteiger partial charge in [0.2, 0.25) is 0 Å². The van der Waals surface area contributed by atoms with Gasteiger partial charge in [-0.1, -0.05) is 46.9 Å². The highest BCUT2D eigenvalue weighted by molar-refractivity contribution is 6.44. The second kappa shape index (κ2) is 7.23. The monoisotopic (exact) mass is 357 g/mol. The maximum atomic E-state index is 12.2. The Morgan fingerprint density at radius 2 is 1.77 bits per heavy atom. The molecule has 0 spiro atoms. The van der Waals surface area contributed by atoms with Crippen molar-refractivity contribution in [2.45, 2.75) is 20.0 Å². The first kappa shape index (κ1) is 16.9. The Morgan fingerprint density at radius 1 is 1.09 bits per heavy atom. The van der Waals surface area contributed by atoms with E-state index >= 15 is 0 Å². The molecule has 2 rings (SSSR count). The minimum absolute atomic E-state index is 0.311. The third-order valence-electron chi connectivity index (χ3n) is 2.94. The van der Waals surface area contributed by atoms with E-state index in [0.717, 1.165) is 5.56 Å². The van der Waals surface area contributed by atoms with Crippen molar-refractivity contribution >= 4 is 46.4 Å². The molecule has 0 aliphatic rings. The van der Waals surface area contributed by atoms with E-state index in [4.69, 9.17) is 39.5 Å². The molecule has 0 aromatic heterocycles. The van der Waals surface area contributed by atoms with Crippen LogP contribution >= 0.6 is 34.8 Å². The number of anilines is 1. The zero-order chi connectivity index (χ0) is 16.3. The number of carbonyl (C=O) groups excluding carboxylic acids is 1. The number of rotatable bonds is 4. The van der Waals surface area contributed by atoms with Crippen molar-refractivity contribution in [2.75, 3.05) is 5.32 Å². The fourth-order valence-electron chi connectivity index (χ4n) is 1.80. The van der Waals surface area contributed by atoms with Crippen LogP contribution in [0.4, 0.5) is 5.69 Å². The summed E-state index contributed by atoms with van der Waals surface area (Å²) in [6.45, 7) is 3.61.